The first-order valence-electron chi connectivity index (χ1n) is 6.49. The fourth-order valence-corrected chi connectivity index (χ4v) is 2.43. The van der Waals surface area contributed by atoms with Gasteiger partial charge in [0, 0.05) is 23.6 Å². The van der Waals surface area contributed by atoms with E-state index in [1.807, 2.05) is 19.9 Å². The first kappa shape index (κ1) is 13.0. The Labute approximate surface area is 109 Å². The Kier molecular flexibility index (Phi) is 3.62. The molecule has 0 spiro atoms. The third-order valence-corrected chi connectivity index (χ3v) is 3.36. The molecule has 2 N–H and O–H groups in total. The van der Waals surface area contributed by atoms with Gasteiger partial charge in [-0.3, -0.25) is 0 Å². The summed E-state index contributed by atoms with van der Waals surface area (Å²) in [5, 5.41) is 1.26. The number of hydrogen-bond donors (Lipinski definition) is 1. The Hall–Kier alpha value is -1.48. The third-order valence-electron chi connectivity index (χ3n) is 3.36. The van der Waals surface area contributed by atoms with Crippen molar-refractivity contribution in [3.8, 4) is 5.75 Å². The van der Waals surface area contributed by atoms with Gasteiger partial charge < -0.3 is 15.0 Å². The average Bonchev–Trinajstić information content (AvgIpc) is 2.54. The van der Waals surface area contributed by atoms with E-state index in [1.54, 1.807) is 0 Å². The van der Waals surface area contributed by atoms with Gasteiger partial charge in [-0.1, -0.05) is 0 Å². The van der Waals surface area contributed by atoms with Crippen molar-refractivity contribution in [3.05, 3.63) is 29.5 Å². The highest BCUT2D eigenvalue weighted by atomic mass is 16.5. The van der Waals surface area contributed by atoms with Crippen LogP contribution in [0.1, 0.15) is 25.1 Å². The number of aromatic nitrogens is 1. The van der Waals surface area contributed by atoms with Gasteiger partial charge in [0.25, 0.3) is 0 Å². The molecule has 0 aliphatic heterocycles. The van der Waals surface area contributed by atoms with E-state index in [4.69, 9.17) is 10.5 Å². The Morgan fingerprint density at radius 3 is 2.67 bits per heavy atom. The fraction of sp³-hybridized carbons (Fsp3) is 0.467. The molecular formula is C15H22N2O. The summed E-state index contributed by atoms with van der Waals surface area (Å²) in [5.74, 6) is 0.932. The van der Waals surface area contributed by atoms with Gasteiger partial charge in [-0.15, -0.1) is 0 Å². The van der Waals surface area contributed by atoms with E-state index < -0.39 is 0 Å². The number of aryl methyl sites for hydroxylation is 1. The van der Waals surface area contributed by atoms with Crippen molar-refractivity contribution in [3.63, 3.8) is 0 Å². The van der Waals surface area contributed by atoms with Gasteiger partial charge in [-0.2, -0.15) is 0 Å². The zero-order chi connectivity index (χ0) is 13.3. The lowest BCUT2D eigenvalue weighted by Gasteiger charge is -2.10. The highest BCUT2D eigenvalue weighted by Gasteiger charge is 2.12. The SMILES string of the molecule is Cc1c(CCN)c2cc(OC(C)C)ccc2n1C. The molecule has 2 aromatic rings. The molecule has 2 rings (SSSR count). The molecule has 3 heteroatoms. The topological polar surface area (TPSA) is 40.2 Å². The first-order chi connectivity index (χ1) is 8.54. The van der Waals surface area contributed by atoms with Gasteiger partial charge >= 0.3 is 0 Å². The van der Waals surface area contributed by atoms with Crippen molar-refractivity contribution in [2.24, 2.45) is 12.8 Å². The van der Waals surface area contributed by atoms with Gasteiger partial charge in [0.2, 0.25) is 0 Å². The number of nitrogens with two attached hydrogens (primary N) is 1. The summed E-state index contributed by atoms with van der Waals surface area (Å²) in [6, 6.07) is 6.29. The maximum absolute atomic E-state index is 5.76. The van der Waals surface area contributed by atoms with Gasteiger partial charge in [0.15, 0.2) is 0 Å². The summed E-state index contributed by atoms with van der Waals surface area (Å²) < 4.78 is 7.99. The lowest BCUT2D eigenvalue weighted by molar-refractivity contribution is 0.243. The minimum absolute atomic E-state index is 0.199. The molecular weight excluding hydrogens is 224 g/mol. The molecule has 18 heavy (non-hydrogen) atoms. The molecule has 0 radical (unpaired) electrons. The molecule has 0 aliphatic rings. The van der Waals surface area contributed by atoms with E-state index in [-0.39, 0.29) is 6.10 Å². The summed E-state index contributed by atoms with van der Waals surface area (Å²) in [7, 11) is 2.10. The molecule has 0 saturated carbocycles. The Balaban J connectivity index is 2.56. The first-order valence-corrected chi connectivity index (χ1v) is 6.49. The van der Waals surface area contributed by atoms with Crippen molar-refractivity contribution in [2.75, 3.05) is 6.54 Å². The van der Waals surface area contributed by atoms with E-state index in [0.717, 1.165) is 12.2 Å². The predicted octanol–water partition coefficient (Wildman–Crippen LogP) is 2.78. The van der Waals surface area contributed by atoms with Gasteiger partial charge in [-0.25, -0.2) is 0 Å². The molecule has 1 aromatic carbocycles. The summed E-state index contributed by atoms with van der Waals surface area (Å²) in [4.78, 5) is 0. The standard InChI is InChI=1S/C15H22N2O/c1-10(2)18-12-5-6-15-14(9-12)13(7-8-16)11(3)17(15)4/h5-6,9-10H,7-8,16H2,1-4H3. The van der Waals surface area contributed by atoms with Crippen LogP contribution in [-0.4, -0.2) is 17.2 Å². The molecule has 1 aromatic heterocycles. The zero-order valence-corrected chi connectivity index (χ0v) is 11.7. The van der Waals surface area contributed by atoms with E-state index in [2.05, 4.69) is 30.7 Å². The Morgan fingerprint density at radius 2 is 2.06 bits per heavy atom. The van der Waals surface area contributed by atoms with Crippen LogP contribution in [0.5, 0.6) is 5.75 Å². The largest absolute Gasteiger partial charge is 0.491 e. The number of rotatable bonds is 4. The van der Waals surface area contributed by atoms with Gasteiger partial charge in [-0.05, 0) is 57.5 Å². The lowest BCUT2D eigenvalue weighted by Crippen LogP contribution is -2.05. The van der Waals surface area contributed by atoms with Crippen molar-refractivity contribution in [1.82, 2.24) is 4.57 Å². The van der Waals surface area contributed by atoms with Crippen LogP contribution in [0.4, 0.5) is 0 Å². The van der Waals surface area contributed by atoms with Crippen molar-refractivity contribution >= 4 is 10.9 Å². The second kappa shape index (κ2) is 5.02. The minimum Gasteiger partial charge on any atom is -0.491 e. The molecule has 0 atom stereocenters. The van der Waals surface area contributed by atoms with Crippen LogP contribution in [-0.2, 0) is 13.5 Å². The highest BCUT2D eigenvalue weighted by molar-refractivity contribution is 5.86. The maximum atomic E-state index is 5.76. The summed E-state index contributed by atoms with van der Waals surface area (Å²) in [6.07, 6.45) is 1.11. The summed E-state index contributed by atoms with van der Waals surface area (Å²) in [5.41, 5.74) is 9.58. The fourth-order valence-electron chi connectivity index (χ4n) is 2.43. The quantitative estimate of drug-likeness (QED) is 0.901. The minimum atomic E-state index is 0.199. The molecule has 0 saturated heterocycles. The van der Waals surface area contributed by atoms with E-state index in [1.165, 1.54) is 22.2 Å². The molecule has 0 aliphatic carbocycles. The molecule has 0 amide bonds. The summed E-state index contributed by atoms with van der Waals surface area (Å²) >= 11 is 0. The van der Waals surface area contributed by atoms with Crippen LogP contribution in [0, 0.1) is 6.92 Å². The highest BCUT2D eigenvalue weighted by Crippen LogP contribution is 2.29. The van der Waals surface area contributed by atoms with Crippen molar-refractivity contribution in [2.45, 2.75) is 33.3 Å². The van der Waals surface area contributed by atoms with Crippen LogP contribution in [0.15, 0.2) is 18.2 Å². The molecule has 98 valence electrons. The smallest absolute Gasteiger partial charge is 0.120 e. The van der Waals surface area contributed by atoms with E-state index >= 15 is 0 Å². The second-order valence-corrected chi connectivity index (χ2v) is 5.01. The number of benzene rings is 1. The summed E-state index contributed by atoms with van der Waals surface area (Å²) in [6.45, 7) is 6.91. The van der Waals surface area contributed by atoms with E-state index in [0.29, 0.717) is 6.54 Å². The zero-order valence-electron chi connectivity index (χ0n) is 11.7. The second-order valence-electron chi connectivity index (χ2n) is 5.01. The molecule has 0 unspecified atom stereocenters. The lowest BCUT2D eigenvalue weighted by atomic mass is 10.1. The monoisotopic (exact) mass is 246 g/mol. The van der Waals surface area contributed by atoms with E-state index in [9.17, 15) is 0 Å². The Bertz CT molecular complexity index is 555. The number of nitrogens with zero attached hydrogens (tertiary/aromatic N) is 1. The molecule has 3 nitrogen and oxygen atoms in total. The number of ether oxygens (including phenoxy) is 1. The number of hydrogen-bond acceptors (Lipinski definition) is 2. The predicted molar refractivity (Wildman–Crippen MR) is 76.2 cm³/mol. The molecule has 0 bridgehead atoms. The normalized spacial score (nSPS) is 11.4. The molecule has 0 fully saturated rings. The van der Waals surface area contributed by atoms with Gasteiger partial charge in [0.1, 0.15) is 5.75 Å². The number of fused-ring (bicyclic) bond motifs is 1. The van der Waals surface area contributed by atoms with Crippen molar-refractivity contribution in [1.29, 1.82) is 0 Å². The Morgan fingerprint density at radius 1 is 1.33 bits per heavy atom. The van der Waals surface area contributed by atoms with Crippen LogP contribution in [0.3, 0.4) is 0 Å². The van der Waals surface area contributed by atoms with Gasteiger partial charge in [0.05, 0.1) is 6.10 Å². The van der Waals surface area contributed by atoms with Crippen LogP contribution >= 0.6 is 0 Å². The van der Waals surface area contributed by atoms with Crippen LogP contribution in [0.25, 0.3) is 10.9 Å². The van der Waals surface area contributed by atoms with Crippen LogP contribution in [0.2, 0.25) is 0 Å². The average molecular weight is 246 g/mol. The van der Waals surface area contributed by atoms with Crippen LogP contribution < -0.4 is 10.5 Å². The maximum Gasteiger partial charge on any atom is 0.120 e. The third kappa shape index (κ3) is 2.23. The molecule has 1 heterocycles. The van der Waals surface area contributed by atoms with Crippen molar-refractivity contribution < 1.29 is 4.74 Å².